The number of hydrogen-bond donors (Lipinski definition) is 4. The average Bonchev–Trinajstić information content (AvgIpc) is 3.20. The number of carboxylic acid groups (broad SMARTS) is 2. The monoisotopic (exact) mass is 436 g/mol. The van der Waals surface area contributed by atoms with Gasteiger partial charge in [-0.15, -0.1) is 0 Å². The minimum atomic E-state index is -1.10. The number of aromatic amines is 2. The summed E-state index contributed by atoms with van der Waals surface area (Å²) in [5.41, 5.74) is 4.14. The summed E-state index contributed by atoms with van der Waals surface area (Å²) in [6, 6.07) is 0. The molecule has 0 radical (unpaired) electrons. The van der Waals surface area contributed by atoms with E-state index < -0.39 is 17.9 Å². The highest BCUT2D eigenvalue weighted by Gasteiger charge is 2.23. The Morgan fingerprint density at radius 3 is 1.84 bits per heavy atom. The number of carbonyl (C=O) groups excluding carboxylic acids is 1. The van der Waals surface area contributed by atoms with Gasteiger partial charge < -0.3 is 24.9 Å². The molecule has 2 heterocycles. The van der Waals surface area contributed by atoms with E-state index in [1.165, 1.54) is 14.2 Å². The van der Waals surface area contributed by atoms with Gasteiger partial charge in [-0.05, 0) is 55.4 Å². The summed E-state index contributed by atoms with van der Waals surface area (Å²) in [7, 11) is 2.71. The fourth-order valence-electron chi connectivity index (χ4n) is 3.70. The van der Waals surface area contributed by atoms with Crippen LogP contribution >= 0.6 is 0 Å². The van der Waals surface area contributed by atoms with Crippen LogP contribution in [0.25, 0.3) is 0 Å². The maximum Gasteiger partial charge on any atom is 0.352 e. The van der Waals surface area contributed by atoms with Crippen LogP contribution in [0.15, 0.2) is 0 Å². The third kappa shape index (κ3) is 5.74. The van der Waals surface area contributed by atoms with Crippen molar-refractivity contribution < 1.29 is 39.1 Å². The van der Waals surface area contributed by atoms with Gasteiger partial charge in [0.15, 0.2) is 0 Å². The van der Waals surface area contributed by atoms with Gasteiger partial charge >= 0.3 is 17.9 Å². The van der Waals surface area contributed by atoms with Crippen LogP contribution in [-0.2, 0) is 38.6 Å². The van der Waals surface area contributed by atoms with Crippen LogP contribution < -0.4 is 0 Å². The summed E-state index contributed by atoms with van der Waals surface area (Å²) in [6.45, 7) is 3.76. The maximum absolute atomic E-state index is 11.6. The number of rotatable bonds is 12. The Morgan fingerprint density at radius 2 is 1.39 bits per heavy atom. The van der Waals surface area contributed by atoms with Crippen LogP contribution in [0.5, 0.6) is 0 Å². The zero-order valence-electron chi connectivity index (χ0n) is 18.1. The van der Waals surface area contributed by atoms with Crippen molar-refractivity contribution >= 4 is 17.9 Å². The van der Waals surface area contributed by atoms with Crippen molar-refractivity contribution in [2.75, 3.05) is 20.8 Å². The fraction of sp³-hybridized carbons (Fsp3) is 0.476. The van der Waals surface area contributed by atoms with Gasteiger partial charge in [-0.1, -0.05) is 0 Å². The lowest BCUT2D eigenvalue weighted by Gasteiger charge is -2.08. The molecule has 0 saturated heterocycles. The van der Waals surface area contributed by atoms with Gasteiger partial charge in [0.25, 0.3) is 0 Å². The average molecular weight is 436 g/mol. The van der Waals surface area contributed by atoms with Gasteiger partial charge in [0, 0.05) is 24.2 Å². The first-order valence-corrected chi connectivity index (χ1v) is 9.80. The van der Waals surface area contributed by atoms with E-state index in [0.29, 0.717) is 53.9 Å². The van der Waals surface area contributed by atoms with Crippen LogP contribution in [0.1, 0.15) is 67.5 Å². The van der Waals surface area contributed by atoms with E-state index in [9.17, 15) is 24.6 Å². The summed E-state index contributed by atoms with van der Waals surface area (Å²) in [5, 5.41) is 19.0. The second-order valence-electron chi connectivity index (χ2n) is 7.12. The Morgan fingerprint density at radius 1 is 0.871 bits per heavy atom. The fourth-order valence-corrected chi connectivity index (χ4v) is 3.70. The van der Waals surface area contributed by atoms with Crippen LogP contribution in [-0.4, -0.2) is 58.9 Å². The molecule has 0 aliphatic carbocycles. The van der Waals surface area contributed by atoms with Crippen molar-refractivity contribution in [2.45, 2.75) is 46.0 Å². The molecule has 0 aliphatic heterocycles. The van der Waals surface area contributed by atoms with E-state index in [4.69, 9.17) is 9.62 Å². The van der Waals surface area contributed by atoms with Gasteiger partial charge in [-0.3, -0.25) is 4.79 Å². The van der Waals surface area contributed by atoms with Crippen molar-refractivity contribution in [3.8, 4) is 0 Å². The summed E-state index contributed by atoms with van der Waals surface area (Å²) >= 11 is 0. The Hall–Kier alpha value is -3.11. The Kier molecular flexibility index (Phi) is 8.40. The standard InChI is InChI=1S/C21H28N2O8/c1-11-13(6-5-9-31-30-4)15(22-18(11)20(25)26)10-16-14(7-8-17(24)29-3)12(2)19(23-16)21(27)28/h22-23H,5-10H2,1-4H3,(H,25,26)(H,27,28). The number of carbonyl (C=O) groups is 3. The predicted molar refractivity (Wildman–Crippen MR) is 109 cm³/mol. The minimum Gasteiger partial charge on any atom is -0.477 e. The number of aromatic carboxylic acids is 2. The molecule has 2 aromatic heterocycles. The number of H-pyrrole nitrogens is 2. The Bertz CT molecular complexity index is 957. The third-order valence-corrected chi connectivity index (χ3v) is 5.30. The molecule has 10 nitrogen and oxygen atoms in total. The third-order valence-electron chi connectivity index (χ3n) is 5.30. The van der Waals surface area contributed by atoms with E-state index in [2.05, 4.69) is 14.9 Å². The lowest BCUT2D eigenvalue weighted by Crippen LogP contribution is -2.05. The second-order valence-corrected chi connectivity index (χ2v) is 7.12. The van der Waals surface area contributed by atoms with E-state index >= 15 is 0 Å². The Balaban J connectivity index is 2.42. The second kappa shape index (κ2) is 10.8. The molecule has 0 amide bonds. The number of esters is 1. The van der Waals surface area contributed by atoms with Crippen molar-refractivity contribution in [2.24, 2.45) is 0 Å². The van der Waals surface area contributed by atoms with Crippen LogP contribution in [0, 0.1) is 13.8 Å². The summed E-state index contributed by atoms with van der Waals surface area (Å²) < 4.78 is 4.69. The van der Waals surface area contributed by atoms with Gasteiger partial charge in [-0.25, -0.2) is 19.4 Å². The van der Waals surface area contributed by atoms with Crippen molar-refractivity contribution in [1.29, 1.82) is 0 Å². The van der Waals surface area contributed by atoms with Gasteiger partial charge in [0.1, 0.15) is 11.4 Å². The summed E-state index contributed by atoms with van der Waals surface area (Å²) in [4.78, 5) is 50.2. The molecule has 31 heavy (non-hydrogen) atoms. The highest BCUT2D eigenvalue weighted by molar-refractivity contribution is 5.89. The quantitative estimate of drug-likeness (QED) is 0.171. The molecule has 0 fully saturated rings. The first-order valence-electron chi connectivity index (χ1n) is 9.80. The maximum atomic E-state index is 11.6. The van der Waals surface area contributed by atoms with E-state index in [1.807, 2.05) is 0 Å². The number of nitrogens with one attached hydrogen (secondary N) is 2. The van der Waals surface area contributed by atoms with Gasteiger partial charge in [-0.2, -0.15) is 0 Å². The number of methoxy groups -OCH3 is 1. The number of ether oxygens (including phenoxy) is 1. The zero-order chi connectivity index (χ0) is 23.1. The SMILES string of the molecule is COOCCCc1c(Cc2[nH]c(C(=O)O)c(C)c2CCC(=O)OC)[nH]c(C(=O)O)c1C. The molecule has 2 rings (SSSR count). The van der Waals surface area contributed by atoms with Crippen LogP contribution in [0.2, 0.25) is 0 Å². The molecule has 4 N–H and O–H groups in total. The first-order chi connectivity index (χ1) is 14.7. The summed E-state index contributed by atoms with van der Waals surface area (Å²) in [6.07, 6.45) is 1.83. The highest BCUT2D eigenvalue weighted by Crippen LogP contribution is 2.27. The van der Waals surface area contributed by atoms with Gasteiger partial charge in [0.05, 0.1) is 20.8 Å². The van der Waals surface area contributed by atoms with Crippen molar-refractivity contribution in [3.05, 3.63) is 45.0 Å². The van der Waals surface area contributed by atoms with Crippen LogP contribution in [0.3, 0.4) is 0 Å². The molecule has 0 saturated carbocycles. The molecular weight excluding hydrogens is 408 g/mol. The molecular formula is C21H28N2O8. The molecule has 0 spiro atoms. The molecule has 0 bridgehead atoms. The van der Waals surface area contributed by atoms with Gasteiger partial charge in [0.2, 0.25) is 0 Å². The zero-order valence-corrected chi connectivity index (χ0v) is 18.1. The summed E-state index contributed by atoms with van der Waals surface area (Å²) in [5.74, 6) is -2.57. The molecule has 0 atom stereocenters. The highest BCUT2D eigenvalue weighted by atomic mass is 17.2. The van der Waals surface area contributed by atoms with E-state index in [0.717, 1.165) is 5.56 Å². The predicted octanol–water partition coefficient (Wildman–Crippen LogP) is 2.56. The molecule has 10 heteroatoms. The lowest BCUT2D eigenvalue weighted by atomic mass is 9.98. The van der Waals surface area contributed by atoms with Crippen molar-refractivity contribution in [1.82, 2.24) is 9.97 Å². The van der Waals surface area contributed by atoms with Crippen LogP contribution in [0.4, 0.5) is 0 Å². The molecule has 170 valence electrons. The molecule has 0 aliphatic rings. The van der Waals surface area contributed by atoms with E-state index in [-0.39, 0.29) is 24.2 Å². The van der Waals surface area contributed by atoms with E-state index in [1.54, 1.807) is 13.8 Å². The first kappa shape index (κ1) is 24.2. The molecule has 0 aromatic carbocycles. The Labute approximate surface area is 179 Å². The largest absolute Gasteiger partial charge is 0.477 e. The number of carboxylic acids is 2. The minimum absolute atomic E-state index is 0.0478. The normalized spacial score (nSPS) is 11.0. The molecule has 0 unspecified atom stereocenters. The molecule has 2 aromatic rings. The topological polar surface area (TPSA) is 151 Å². The number of hydrogen-bond acceptors (Lipinski definition) is 6. The lowest BCUT2D eigenvalue weighted by molar-refractivity contribution is -0.272. The number of aromatic nitrogens is 2. The smallest absolute Gasteiger partial charge is 0.352 e. The van der Waals surface area contributed by atoms with Crippen molar-refractivity contribution in [3.63, 3.8) is 0 Å².